The molecule has 1 fully saturated rings. The monoisotopic (exact) mass is 541 g/mol. The van der Waals surface area contributed by atoms with Crippen molar-refractivity contribution in [1.82, 2.24) is 4.90 Å². The molecule has 0 aromatic heterocycles. The largest absolute Gasteiger partial charge is 0.358 e. The van der Waals surface area contributed by atoms with E-state index in [1.54, 1.807) is 34.9 Å². The second-order valence-corrected chi connectivity index (χ2v) is 12.3. The van der Waals surface area contributed by atoms with Gasteiger partial charge in [-0.1, -0.05) is 63.0 Å². The predicted octanol–water partition coefficient (Wildman–Crippen LogP) is 8.17. The van der Waals surface area contributed by atoms with Crippen LogP contribution >= 0.6 is 35.0 Å². The fraction of sp³-hybridized carbons (Fsp3) is 0.444. The van der Waals surface area contributed by atoms with Crippen LogP contribution in [0.25, 0.3) is 0 Å². The molecule has 1 saturated heterocycles. The van der Waals surface area contributed by atoms with E-state index in [-0.39, 0.29) is 26.7 Å². The molecule has 1 amide bonds. The minimum absolute atomic E-state index is 0.0133. The first-order valence-corrected chi connectivity index (χ1v) is 13.3. The number of hydrogen-bond acceptors (Lipinski definition) is 3. The molecule has 1 heterocycles. The first-order chi connectivity index (χ1) is 16.4. The van der Waals surface area contributed by atoms with Crippen LogP contribution in [0.3, 0.4) is 0 Å². The molecule has 0 radical (unpaired) electrons. The summed E-state index contributed by atoms with van der Waals surface area (Å²) in [6, 6.07) is 7.77. The number of ether oxygens (including phenoxy) is 1. The van der Waals surface area contributed by atoms with Gasteiger partial charge in [-0.25, -0.2) is 8.78 Å². The summed E-state index contributed by atoms with van der Waals surface area (Å²) in [6.45, 7) is 12.2. The number of carbonyl (C=O) groups is 1. The first kappa shape index (κ1) is 28.0. The van der Waals surface area contributed by atoms with E-state index in [4.69, 9.17) is 27.9 Å². The van der Waals surface area contributed by atoms with Gasteiger partial charge in [-0.2, -0.15) is 11.8 Å². The number of benzene rings is 2. The van der Waals surface area contributed by atoms with E-state index in [0.717, 1.165) is 0 Å². The molecule has 0 aliphatic carbocycles. The predicted molar refractivity (Wildman–Crippen MR) is 141 cm³/mol. The van der Waals surface area contributed by atoms with Crippen molar-refractivity contribution in [3.05, 3.63) is 81.9 Å². The SMILES string of the molecule is C=CC[C@@H]1O[C@H](c2cc(F)cc(Cl)c2)[C@@H](c2ccc(Cl)c(F)c2)N(C(CC)CSC(C)(C)C)C1=O. The van der Waals surface area contributed by atoms with E-state index < -0.39 is 29.9 Å². The van der Waals surface area contributed by atoms with Crippen molar-refractivity contribution in [3.8, 4) is 0 Å². The van der Waals surface area contributed by atoms with Crippen LogP contribution in [-0.2, 0) is 9.53 Å². The zero-order valence-electron chi connectivity index (χ0n) is 20.4. The normalized spacial score (nSPS) is 21.8. The lowest BCUT2D eigenvalue weighted by Gasteiger charge is -2.48. The van der Waals surface area contributed by atoms with Gasteiger partial charge in [0.2, 0.25) is 0 Å². The molecule has 1 unspecified atom stereocenters. The van der Waals surface area contributed by atoms with Crippen molar-refractivity contribution >= 4 is 40.9 Å². The Morgan fingerprint density at radius 2 is 1.89 bits per heavy atom. The Morgan fingerprint density at radius 1 is 1.17 bits per heavy atom. The molecule has 0 bridgehead atoms. The summed E-state index contributed by atoms with van der Waals surface area (Å²) in [6.07, 6.45) is 1.02. The minimum atomic E-state index is -0.804. The van der Waals surface area contributed by atoms with Gasteiger partial charge in [0.05, 0.1) is 11.1 Å². The molecule has 0 N–H and O–H groups in total. The molecule has 190 valence electrons. The number of nitrogens with zero attached hydrogens (tertiary/aromatic N) is 1. The lowest BCUT2D eigenvalue weighted by atomic mass is 9.89. The van der Waals surface area contributed by atoms with E-state index in [1.807, 2.05) is 6.92 Å². The summed E-state index contributed by atoms with van der Waals surface area (Å²) >= 11 is 13.9. The van der Waals surface area contributed by atoms with E-state index >= 15 is 0 Å². The molecule has 3 nitrogen and oxygen atoms in total. The summed E-state index contributed by atoms with van der Waals surface area (Å²) in [4.78, 5) is 15.6. The Hall–Kier alpha value is -1.60. The van der Waals surface area contributed by atoms with E-state index in [1.165, 1.54) is 24.3 Å². The molecule has 1 aliphatic heterocycles. The highest BCUT2D eigenvalue weighted by atomic mass is 35.5. The molecular formula is C27H31Cl2F2NO2S. The van der Waals surface area contributed by atoms with Crippen molar-refractivity contribution in [2.45, 2.75) is 69.6 Å². The lowest BCUT2D eigenvalue weighted by molar-refractivity contribution is -0.178. The summed E-state index contributed by atoms with van der Waals surface area (Å²) in [7, 11) is 0. The van der Waals surface area contributed by atoms with Crippen LogP contribution < -0.4 is 0 Å². The molecule has 3 rings (SSSR count). The maximum Gasteiger partial charge on any atom is 0.252 e. The van der Waals surface area contributed by atoms with E-state index in [2.05, 4.69) is 27.4 Å². The zero-order valence-corrected chi connectivity index (χ0v) is 22.7. The number of morpholine rings is 1. The van der Waals surface area contributed by atoms with Crippen LogP contribution in [0.1, 0.15) is 63.8 Å². The van der Waals surface area contributed by atoms with Crippen molar-refractivity contribution < 1.29 is 18.3 Å². The Bertz CT molecular complexity index is 1060. The summed E-state index contributed by atoms with van der Waals surface area (Å²) in [5.74, 6) is -0.644. The number of halogens is 4. The second-order valence-electron chi connectivity index (χ2n) is 9.62. The van der Waals surface area contributed by atoms with E-state index in [0.29, 0.717) is 29.7 Å². The van der Waals surface area contributed by atoms with Crippen LogP contribution in [0.5, 0.6) is 0 Å². The van der Waals surface area contributed by atoms with Gasteiger partial charge in [-0.3, -0.25) is 4.79 Å². The van der Waals surface area contributed by atoms with Gasteiger partial charge in [-0.15, -0.1) is 6.58 Å². The van der Waals surface area contributed by atoms with Crippen LogP contribution in [0.4, 0.5) is 8.78 Å². The Balaban J connectivity index is 2.20. The van der Waals surface area contributed by atoms with Crippen LogP contribution in [0.2, 0.25) is 10.0 Å². The molecule has 35 heavy (non-hydrogen) atoms. The highest BCUT2D eigenvalue weighted by Gasteiger charge is 2.46. The van der Waals surface area contributed by atoms with Crippen LogP contribution in [0.15, 0.2) is 49.1 Å². The van der Waals surface area contributed by atoms with Gasteiger partial charge < -0.3 is 9.64 Å². The molecule has 2 aromatic rings. The smallest absolute Gasteiger partial charge is 0.252 e. The summed E-state index contributed by atoms with van der Waals surface area (Å²) in [5.41, 5.74) is 0.988. The van der Waals surface area contributed by atoms with Gasteiger partial charge in [0.1, 0.15) is 23.8 Å². The number of thioether (sulfide) groups is 1. The topological polar surface area (TPSA) is 29.5 Å². The zero-order chi connectivity index (χ0) is 25.9. The first-order valence-electron chi connectivity index (χ1n) is 11.6. The van der Waals surface area contributed by atoms with Crippen molar-refractivity contribution in [2.24, 2.45) is 0 Å². The minimum Gasteiger partial charge on any atom is -0.358 e. The van der Waals surface area contributed by atoms with Crippen molar-refractivity contribution in [2.75, 3.05) is 5.75 Å². The average Bonchev–Trinajstić information content (AvgIpc) is 2.77. The number of rotatable bonds is 8. The van der Waals surface area contributed by atoms with Crippen LogP contribution in [0, 0.1) is 11.6 Å². The van der Waals surface area contributed by atoms with Gasteiger partial charge in [0, 0.05) is 28.0 Å². The molecule has 1 aliphatic rings. The molecular weight excluding hydrogens is 511 g/mol. The number of amides is 1. The number of hydrogen-bond donors (Lipinski definition) is 0. The Kier molecular flexibility index (Phi) is 9.30. The number of carbonyl (C=O) groups excluding carboxylic acids is 1. The van der Waals surface area contributed by atoms with Crippen molar-refractivity contribution in [3.63, 3.8) is 0 Å². The highest BCUT2D eigenvalue weighted by molar-refractivity contribution is 8.00. The molecule has 0 spiro atoms. The molecule has 8 heteroatoms. The van der Waals surface area contributed by atoms with Gasteiger partial charge in [0.25, 0.3) is 5.91 Å². The standard InChI is InChI=1S/C27H31Cl2F2NO2S/c1-6-8-23-26(33)32(20(7-2)15-35-27(3,4)5)24(16-9-10-21(29)22(31)13-16)25(34-23)17-11-18(28)14-19(30)12-17/h6,9-14,20,23-25H,1,7-8,15H2,2-5H3/t20?,23-,24+,25+/m0/s1. The Morgan fingerprint density at radius 3 is 2.46 bits per heavy atom. The van der Waals surface area contributed by atoms with Crippen LogP contribution in [-0.4, -0.2) is 33.5 Å². The highest BCUT2D eigenvalue weighted by Crippen LogP contribution is 2.45. The fourth-order valence-electron chi connectivity index (χ4n) is 4.25. The lowest BCUT2D eigenvalue weighted by Crippen LogP contribution is -2.55. The van der Waals surface area contributed by atoms with Gasteiger partial charge in [0.15, 0.2) is 0 Å². The summed E-state index contributed by atoms with van der Waals surface area (Å²) < 4.78 is 35.3. The second kappa shape index (κ2) is 11.6. The molecule has 4 atom stereocenters. The third-order valence-electron chi connectivity index (χ3n) is 5.88. The average molecular weight is 543 g/mol. The molecule has 0 saturated carbocycles. The van der Waals surface area contributed by atoms with Gasteiger partial charge >= 0.3 is 0 Å². The van der Waals surface area contributed by atoms with Gasteiger partial charge in [-0.05, 0) is 47.9 Å². The van der Waals surface area contributed by atoms with Crippen molar-refractivity contribution in [1.29, 1.82) is 0 Å². The summed E-state index contributed by atoms with van der Waals surface area (Å²) in [5, 5.41) is 0.192. The third-order valence-corrected chi connectivity index (χ3v) is 7.82. The maximum atomic E-state index is 14.6. The molecule has 2 aromatic carbocycles. The maximum absolute atomic E-state index is 14.6. The quantitative estimate of drug-likeness (QED) is 0.315. The Labute approximate surface area is 220 Å². The third kappa shape index (κ3) is 6.79. The van der Waals surface area contributed by atoms with E-state index in [9.17, 15) is 13.6 Å². The fourth-order valence-corrected chi connectivity index (χ4v) is 5.68.